The monoisotopic (exact) mass is 612 g/mol. The van der Waals surface area contributed by atoms with Crippen LogP contribution in [0.15, 0.2) is 24.6 Å². The second kappa shape index (κ2) is 19.1. The molecular formula is C29H48N4O8S. The van der Waals surface area contributed by atoms with Gasteiger partial charge in [0.25, 0.3) is 5.91 Å². The summed E-state index contributed by atoms with van der Waals surface area (Å²) < 4.78 is 21.9. The molecule has 0 aromatic carbocycles. The summed E-state index contributed by atoms with van der Waals surface area (Å²) in [5.74, 6) is 0.236. The number of unbranched alkanes of at least 4 members (excludes halogenated alkanes) is 1. The van der Waals surface area contributed by atoms with Gasteiger partial charge in [0.15, 0.2) is 0 Å². The van der Waals surface area contributed by atoms with Crippen LogP contribution in [0.25, 0.3) is 0 Å². The first-order chi connectivity index (χ1) is 20.4. The molecule has 0 aromatic rings. The van der Waals surface area contributed by atoms with Crippen LogP contribution in [0.5, 0.6) is 0 Å². The van der Waals surface area contributed by atoms with Crippen LogP contribution in [-0.2, 0) is 33.4 Å². The largest absolute Gasteiger partial charge is 0.387 e. The maximum atomic E-state index is 12.1. The Hall–Kier alpha value is -2.32. The van der Waals surface area contributed by atoms with Crippen molar-refractivity contribution < 1.29 is 38.2 Å². The Kier molecular flexibility index (Phi) is 15.5. The third-order valence-corrected chi connectivity index (χ3v) is 8.79. The number of carbonyl (C=O) groups excluding carboxylic acids is 3. The molecule has 42 heavy (non-hydrogen) atoms. The van der Waals surface area contributed by atoms with E-state index in [9.17, 15) is 14.4 Å². The first kappa shape index (κ1) is 34.2. The fourth-order valence-corrected chi connectivity index (χ4v) is 6.70. The molecule has 0 aromatic heterocycles. The van der Waals surface area contributed by atoms with Crippen molar-refractivity contribution in [2.75, 3.05) is 71.7 Å². The number of ether oxygens (including phenoxy) is 4. The molecule has 3 heterocycles. The first-order valence-electron chi connectivity index (χ1n) is 15.0. The van der Waals surface area contributed by atoms with Gasteiger partial charge in [-0.25, -0.2) is 9.59 Å². The standard InChI is InChI=1S/C29H48N4O8S/c1-4-32-28-24(31-29(32)36)21-42-25(28)8-6-5-7-22(2)30-12-14-38-16-18-40-20-19-39-17-15-37-13-11-27(35)41-33-23(3)9-10-26(33)34/h24-25,28,30H,2-21H2,1H3,(H,31,36)/t24?,25-,28?/m0/s1. The van der Waals surface area contributed by atoms with Crippen LogP contribution in [-0.4, -0.2) is 117 Å². The molecule has 3 fully saturated rings. The van der Waals surface area contributed by atoms with Crippen LogP contribution in [0.4, 0.5) is 4.79 Å². The molecule has 3 saturated heterocycles. The van der Waals surface area contributed by atoms with E-state index in [-0.39, 0.29) is 25.0 Å². The smallest absolute Gasteiger partial charge is 0.335 e. The van der Waals surface area contributed by atoms with E-state index in [1.54, 1.807) is 0 Å². The predicted octanol–water partition coefficient (Wildman–Crippen LogP) is 2.60. The molecule has 3 amide bonds. The highest BCUT2D eigenvalue weighted by Crippen LogP contribution is 2.37. The number of allylic oxidation sites excluding steroid dienone is 2. The predicted molar refractivity (Wildman–Crippen MR) is 160 cm³/mol. The van der Waals surface area contributed by atoms with Gasteiger partial charge in [-0.15, -0.1) is 5.06 Å². The SMILES string of the molecule is C=C(CCCC[C@@H]1SCC2NC(=O)N(CC)C21)NCCOCCOCCOCCOCCC(=O)ON1C(=C)CCC1=O. The summed E-state index contributed by atoms with van der Waals surface area (Å²) >= 11 is 1.99. The van der Waals surface area contributed by atoms with E-state index in [0.29, 0.717) is 88.7 Å². The molecule has 2 N–H and O–H groups in total. The van der Waals surface area contributed by atoms with Crippen LogP contribution >= 0.6 is 11.8 Å². The van der Waals surface area contributed by atoms with Crippen molar-refractivity contribution in [3.05, 3.63) is 24.6 Å². The molecule has 0 bridgehead atoms. The summed E-state index contributed by atoms with van der Waals surface area (Å²) in [4.78, 5) is 42.4. The Labute approximate surface area is 253 Å². The number of fused-ring (bicyclic) bond motifs is 1. The molecule has 2 unspecified atom stereocenters. The third kappa shape index (κ3) is 11.4. The van der Waals surface area contributed by atoms with Crippen LogP contribution in [0, 0.1) is 0 Å². The number of rotatable bonds is 23. The van der Waals surface area contributed by atoms with Gasteiger partial charge in [0.2, 0.25) is 0 Å². The number of amides is 3. The molecule has 3 aliphatic heterocycles. The highest BCUT2D eigenvalue weighted by atomic mass is 32.2. The average molecular weight is 613 g/mol. The lowest BCUT2D eigenvalue weighted by atomic mass is 10.0. The van der Waals surface area contributed by atoms with Gasteiger partial charge < -0.3 is 39.3 Å². The van der Waals surface area contributed by atoms with Gasteiger partial charge in [0, 0.05) is 36.2 Å². The van der Waals surface area contributed by atoms with Crippen molar-refractivity contribution in [2.24, 2.45) is 0 Å². The van der Waals surface area contributed by atoms with E-state index in [4.69, 9.17) is 23.8 Å². The van der Waals surface area contributed by atoms with Gasteiger partial charge in [-0.1, -0.05) is 19.6 Å². The van der Waals surface area contributed by atoms with Gasteiger partial charge in [-0.05, 0) is 32.6 Å². The third-order valence-electron chi connectivity index (χ3n) is 7.29. The Morgan fingerprint density at radius 2 is 1.64 bits per heavy atom. The second-order valence-corrected chi connectivity index (χ2v) is 11.7. The number of thioether (sulfide) groups is 1. The van der Waals surface area contributed by atoms with Crippen molar-refractivity contribution in [1.82, 2.24) is 20.6 Å². The minimum atomic E-state index is -0.530. The lowest BCUT2D eigenvalue weighted by Crippen LogP contribution is -2.40. The van der Waals surface area contributed by atoms with E-state index in [2.05, 4.69) is 30.7 Å². The zero-order chi connectivity index (χ0) is 30.2. The van der Waals surface area contributed by atoms with Gasteiger partial charge >= 0.3 is 12.0 Å². The first-order valence-corrected chi connectivity index (χ1v) is 16.1. The molecule has 238 valence electrons. The summed E-state index contributed by atoms with van der Waals surface area (Å²) in [6, 6.07) is 0.745. The summed E-state index contributed by atoms with van der Waals surface area (Å²) in [7, 11) is 0. The fourth-order valence-electron chi connectivity index (χ4n) is 5.10. The Balaban J connectivity index is 1.03. The Morgan fingerprint density at radius 3 is 2.29 bits per heavy atom. The van der Waals surface area contributed by atoms with Gasteiger partial charge in [0.1, 0.15) is 0 Å². The number of likely N-dealkylation sites (N-methyl/N-ethyl adjacent to an activating group) is 1. The van der Waals surface area contributed by atoms with Gasteiger partial charge in [-0.2, -0.15) is 11.8 Å². The van der Waals surface area contributed by atoms with E-state index >= 15 is 0 Å². The van der Waals surface area contributed by atoms with Crippen LogP contribution < -0.4 is 10.6 Å². The van der Waals surface area contributed by atoms with Crippen molar-refractivity contribution >= 4 is 29.7 Å². The normalized spacial score (nSPS) is 21.6. The molecule has 3 rings (SSSR count). The number of hydrogen-bond donors (Lipinski definition) is 2. The number of hydrogen-bond acceptors (Lipinski definition) is 10. The number of hydroxylamine groups is 2. The fraction of sp³-hybridized carbons (Fsp3) is 0.759. The Bertz CT molecular complexity index is 891. The lowest BCUT2D eigenvalue weighted by Gasteiger charge is -2.26. The maximum absolute atomic E-state index is 12.1. The minimum absolute atomic E-state index is 0.0471. The van der Waals surface area contributed by atoms with Gasteiger partial charge in [0.05, 0.1) is 77.1 Å². The molecule has 3 atom stereocenters. The lowest BCUT2D eigenvalue weighted by molar-refractivity contribution is -0.187. The van der Waals surface area contributed by atoms with E-state index in [1.165, 1.54) is 0 Å². The minimum Gasteiger partial charge on any atom is -0.387 e. The summed E-state index contributed by atoms with van der Waals surface area (Å²) in [6.07, 6.45) is 5.17. The molecular weight excluding hydrogens is 564 g/mol. The van der Waals surface area contributed by atoms with Crippen molar-refractivity contribution in [1.29, 1.82) is 0 Å². The summed E-state index contributed by atoms with van der Waals surface area (Å²) in [6.45, 7) is 14.8. The quantitative estimate of drug-likeness (QED) is 0.131. The molecule has 12 nitrogen and oxygen atoms in total. The molecule has 0 radical (unpaired) electrons. The van der Waals surface area contributed by atoms with Crippen molar-refractivity contribution in [2.45, 2.75) is 69.2 Å². The number of carbonyl (C=O) groups is 3. The van der Waals surface area contributed by atoms with E-state index in [0.717, 1.165) is 48.7 Å². The molecule has 0 spiro atoms. The van der Waals surface area contributed by atoms with Crippen LogP contribution in [0.3, 0.4) is 0 Å². The van der Waals surface area contributed by atoms with Crippen LogP contribution in [0.2, 0.25) is 0 Å². The number of nitrogens with zero attached hydrogens (tertiary/aromatic N) is 2. The molecule has 0 aliphatic carbocycles. The number of nitrogens with one attached hydrogen (secondary N) is 2. The van der Waals surface area contributed by atoms with E-state index < -0.39 is 5.97 Å². The topological polar surface area (TPSA) is 128 Å². The van der Waals surface area contributed by atoms with E-state index in [1.807, 2.05) is 16.7 Å². The summed E-state index contributed by atoms with van der Waals surface area (Å²) in [5, 5.41) is 7.95. The van der Waals surface area contributed by atoms with Crippen LogP contribution in [0.1, 0.15) is 51.9 Å². The highest BCUT2D eigenvalue weighted by molar-refractivity contribution is 8.00. The molecule has 0 saturated carbocycles. The molecule has 3 aliphatic rings. The summed E-state index contributed by atoms with van der Waals surface area (Å²) in [5.41, 5.74) is 1.53. The van der Waals surface area contributed by atoms with Gasteiger partial charge in [-0.3, -0.25) is 4.79 Å². The second-order valence-electron chi connectivity index (χ2n) is 10.4. The maximum Gasteiger partial charge on any atom is 0.335 e. The molecule has 13 heteroatoms. The number of urea groups is 1. The zero-order valence-electron chi connectivity index (χ0n) is 24.9. The average Bonchev–Trinajstić information content (AvgIpc) is 3.61. The van der Waals surface area contributed by atoms with Crippen molar-refractivity contribution in [3.63, 3.8) is 0 Å². The highest BCUT2D eigenvalue weighted by Gasteiger charge is 2.47. The van der Waals surface area contributed by atoms with Crippen molar-refractivity contribution in [3.8, 4) is 0 Å². The Morgan fingerprint density at radius 1 is 0.976 bits per heavy atom. The zero-order valence-corrected chi connectivity index (χ0v) is 25.8.